The van der Waals surface area contributed by atoms with Crippen molar-refractivity contribution >= 4 is 27.5 Å². The maximum Gasteiger partial charge on any atom is 0.232 e. The molecular formula is C19H14BrF2N3O3. The van der Waals surface area contributed by atoms with Crippen molar-refractivity contribution in [1.29, 1.82) is 0 Å². The first-order valence-corrected chi connectivity index (χ1v) is 9.18. The number of amides is 1. The molecule has 0 saturated carbocycles. The van der Waals surface area contributed by atoms with Gasteiger partial charge in [-0.15, -0.1) is 0 Å². The summed E-state index contributed by atoms with van der Waals surface area (Å²) in [5, 5.41) is 3.93. The Bertz CT molecular complexity index is 1060. The molecule has 144 valence electrons. The molecule has 1 aliphatic heterocycles. The number of nitrogens with zero attached hydrogens (tertiary/aromatic N) is 3. The molecule has 1 saturated heterocycles. The van der Waals surface area contributed by atoms with Gasteiger partial charge < -0.3 is 14.2 Å². The first-order chi connectivity index (χ1) is 13.5. The van der Waals surface area contributed by atoms with E-state index in [1.165, 1.54) is 30.2 Å². The van der Waals surface area contributed by atoms with Crippen LogP contribution in [0.15, 0.2) is 45.4 Å². The lowest BCUT2D eigenvalue weighted by Gasteiger charge is -2.16. The third-order valence-electron chi connectivity index (χ3n) is 4.54. The number of hydrogen-bond acceptors (Lipinski definition) is 5. The van der Waals surface area contributed by atoms with E-state index in [4.69, 9.17) is 9.26 Å². The van der Waals surface area contributed by atoms with E-state index in [2.05, 4.69) is 26.1 Å². The van der Waals surface area contributed by atoms with Gasteiger partial charge in [0.1, 0.15) is 5.82 Å². The lowest BCUT2D eigenvalue weighted by molar-refractivity contribution is -0.117. The number of carbonyl (C=O) groups is 1. The summed E-state index contributed by atoms with van der Waals surface area (Å²) in [5.74, 6) is -0.701. The van der Waals surface area contributed by atoms with E-state index >= 15 is 0 Å². The number of rotatable bonds is 4. The Balaban J connectivity index is 1.55. The Morgan fingerprint density at radius 3 is 2.75 bits per heavy atom. The summed E-state index contributed by atoms with van der Waals surface area (Å²) in [7, 11) is 1.38. The molecule has 1 amide bonds. The second-order valence-electron chi connectivity index (χ2n) is 6.31. The summed E-state index contributed by atoms with van der Waals surface area (Å²) in [6.45, 7) is 0.291. The largest absolute Gasteiger partial charge is 0.494 e. The molecule has 2 heterocycles. The van der Waals surface area contributed by atoms with Crippen LogP contribution in [0.3, 0.4) is 0 Å². The van der Waals surface area contributed by atoms with Gasteiger partial charge in [0.2, 0.25) is 17.6 Å². The predicted octanol–water partition coefficient (Wildman–Crippen LogP) is 4.31. The Hall–Kier alpha value is -2.81. The summed E-state index contributed by atoms with van der Waals surface area (Å²) in [6, 6.07) is 8.75. The van der Waals surface area contributed by atoms with Crippen molar-refractivity contribution in [2.75, 3.05) is 18.6 Å². The van der Waals surface area contributed by atoms with Crippen LogP contribution in [0.1, 0.15) is 18.2 Å². The highest BCUT2D eigenvalue weighted by Crippen LogP contribution is 2.34. The van der Waals surface area contributed by atoms with Gasteiger partial charge in [-0.2, -0.15) is 4.98 Å². The van der Waals surface area contributed by atoms with Crippen LogP contribution >= 0.6 is 15.9 Å². The second-order valence-corrected chi connectivity index (χ2v) is 7.16. The molecule has 28 heavy (non-hydrogen) atoms. The van der Waals surface area contributed by atoms with Gasteiger partial charge in [0, 0.05) is 30.3 Å². The summed E-state index contributed by atoms with van der Waals surface area (Å²) >= 11 is 3.12. The number of carbonyl (C=O) groups excluding carboxylic acids is 1. The smallest absolute Gasteiger partial charge is 0.232 e. The van der Waals surface area contributed by atoms with Crippen LogP contribution in [-0.2, 0) is 4.79 Å². The van der Waals surface area contributed by atoms with Crippen molar-refractivity contribution in [2.24, 2.45) is 0 Å². The van der Waals surface area contributed by atoms with E-state index in [1.54, 1.807) is 18.2 Å². The second kappa shape index (κ2) is 7.31. The molecule has 1 fully saturated rings. The number of halogens is 3. The average Bonchev–Trinajstić information content (AvgIpc) is 3.31. The summed E-state index contributed by atoms with van der Waals surface area (Å²) in [6.07, 6.45) is 0.169. The minimum absolute atomic E-state index is 0.110. The third kappa shape index (κ3) is 3.37. The van der Waals surface area contributed by atoms with Crippen molar-refractivity contribution < 1.29 is 22.8 Å². The molecule has 4 rings (SSSR count). The zero-order valence-corrected chi connectivity index (χ0v) is 16.2. The molecular weight excluding hydrogens is 436 g/mol. The molecule has 3 aromatic rings. The minimum atomic E-state index is -0.543. The number of hydrogen-bond donors (Lipinski definition) is 0. The van der Waals surface area contributed by atoms with Crippen LogP contribution in [0.4, 0.5) is 14.5 Å². The fraction of sp³-hybridized carbons (Fsp3) is 0.211. The van der Waals surface area contributed by atoms with E-state index in [0.29, 0.717) is 34.0 Å². The zero-order chi connectivity index (χ0) is 19.8. The van der Waals surface area contributed by atoms with E-state index in [0.717, 1.165) is 0 Å². The maximum atomic E-state index is 14.0. The van der Waals surface area contributed by atoms with Crippen LogP contribution in [0.5, 0.6) is 5.75 Å². The Kier molecular flexibility index (Phi) is 4.84. The van der Waals surface area contributed by atoms with Crippen molar-refractivity contribution in [3.63, 3.8) is 0 Å². The van der Waals surface area contributed by atoms with E-state index in [1.807, 2.05) is 0 Å². The molecule has 1 atom stereocenters. The number of anilines is 1. The zero-order valence-electron chi connectivity index (χ0n) is 14.7. The number of aromatic nitrogens is 2. The van der Waals surface area contributed by atoms with E-state index < -0.39 is 11.6 Å². The molecule has 1 aliphatic rings. The van der Waals surface area contributed by atoms with Crippen molar-refractivity contribution in [3.05, 3.63) is 58.4 Å². The quantitative estimate of drug-likeness (QED) is 0.593. The normalized spacial score (nSPS) is 16.6. The van der Waals surface area contributed by atoms with Crippen molar-refractivity contribution in [3.8, 4) is 17.1 Å². The fourth-order valence-electron chi connectivity index (χ4n) is 3.10. The lowest BCUT2D eigenvalue weighted by atomic mass is 10.1. The SMILES string of the molecule is COc1ccc(N2CC(c3nc(-c4ccc(F)c(Br)c4)no3)CC2=O)cc1F. The maximum absolute atomic E-state index is 14.0. The summed E-state index contributed by atoms with van der Waals surface area (Å²) in [4.78, 5) is 18.2. The molecule has 0 bridgehead atoms. The van der Waals surface area contributed by atoms with Gasteiger partial charge in [0.15, 0.2) is 11.6 Å². The number of benzene rings is 2. The molecule has 0 N–H and O–H groups in total. The highest BCUT2D eigenvalue weighted by Gasteiger charge is 2.35. The van der Waals surface area contributed by atoms with Crippen molar-refractivity contribution in [1.82, 2.24) is 10.1 Å². The average molecular weight is 450 g/mol. The standard InChI is InChI=1S/C19H14BrF2N3O3/c1-27-16-5-3-12(8-15(16)22)25-9-11(7-17(25)26)19-23-18(24-28-19)10-2-4-14(21)13(20)6-10/h2-6,8,11H,7,9H2,1H3. The predicted molar refractivity (Wildman–Crippen MR) is 100 cm³/mol. The van der Waals surface area contributed by atoms with Gasteiger partial charge in [0.25, 0.3) is 0 Å². The van der Waals surface area contributed by atoms with Crippen LogP contribution in [0.25, 0.3) is 11.4 Å². The van der Waals surface area contributed by atoms with Crippen LogP contribution in [0, 0.1) is 11.6 Å². The molecule has 2 aromatic carbocycles. The Labute approximate surface area is 167 Å². The number of ether oxygens (including phenoxy) is 1. The highest BCUT2D eigenvalue weighted by molar-refractivity contribution is 9.10. The first kappa shape index (κ1) is 18.5. The molecule has 0 radical (unpaired) electrons. The summed E-state index contributed by atoms with van der Waals surface area (Å²) in [5.41, 5.74) is 1.02. The van der Waals surface area contributed by atoms with E-state index in [-0.39, 0.29) is 24.0 Å². The lowest BCUT2D eigenvalue weighted by Crippen LogP contribution is -2.24. The van der Waals surface area contributed by atoms with Gasteiger partial charge in [-0.25, -0.2) is 8.78 Å². The first-order valence-electron chi connectivity index (χ1n) is 8.39. The van der Waals surface area contributed by atoms with Crippen molar-refractivity contribution in [2.45, 2.75) is 12.3 Å². The van der Waals surface area contributed by atoms with Crippen LogP contribution < -0.4 is 9.64 Å². The van der Waals surface area contributed by atoms with Gasteiger partial charge in [-0.1, -0.05) is 5.16 Å². The molecule has 0 spiro atoms. The highest BCUT2D eigenvalue weighted by atomic mass is 79.9. The summed E-state index contributed by atoms with van der Waals surface area (Å²) < 4.78 is 37.9. The molecule has 6 nitrogen and oxygen atoms in total. The van der Waals surface area contributed by atoms with E-state index in [9.17, 15) is 13.6 Å². The van der Waals surface area contributed by atoms with Crippen LogP contribution in [-0.4, -0.2) is 29.7 Å². The van der Waals surface area contributed by atoms with Crippen LogP contribution in [0.2, 0.25) is 0 Å². The molecule has 1 unspecified atom stereocenters. The minimum Gasteiger partial charge on any atom is -0.494 e. The Morgan fingerprint density at radius 1 is 1.21 bits per heavy atom. The molecule has 9 heteroatoms. The van der Waals surface area contributed by atoms with Gasteiger partial charge in [-0.05, 0) is 46.3 Å². The fourth-order valence-corrected chi connectivity index (χ4v) is 3.48. The monoisotopic (exact) mass is 449 g/mol. The molecule has 1 aromatic heterocycles. The Morgan fingerprint density at radius 2 is 2.04 bits per heavy atom. The van der Waals surface area contributed by atoms with Gasteiger partial charge in [0.05, 0.1) is 17.5 Å². The topological polar surface area (TPSA) is 68.5 Å². The van der Waals surface area contributed by atoms with Gasteiger partial charge in [-0.3, -0.25) is 4.79 Å². The number of methoxy groups -OCH3 is 1. The molecule has 0 aliphatic carbocycles. The van der Waals surface area contributed by atoms with Gasteiger partial charge >= 0.3 is 0 Å². The third-order valence-corrected chi connectivity index (χ3v) is 5.15.